The van der Waals surface area contributed by atoms with E-state index < -0.39 is 0 Å². The summed E-state index contributed by atoms with van der Waals surface area (Å²) in [6, 6.07) is 14.2. The largest absolute Gasteiger partial charge is 0.493 e. The number of nitrogens with zero attached hydrogens (tertiary/aromatic N) is 3. The van der Waals surface area contributed by atoms with Crippen molar-refractivity contribution >= 4 is 22.5 Å². The summed E-state index contributed by atoms with van der Waals surface area (Å²) in [5, 5.41) is 3.27. The molecule has 8 heteroatoms. The highest BCUT2D eigenvalue weighted by Crippen LogP contribution is 2.31. The van der Waals surface area contributed by atoms with Gasteiger partial charge in [0.25, 0.3) is 5.56 Å². The van der Waals surface area contributed by atoms with Gasteiger partial charge in [0.1, 0.15) is 13.2 Å². The Hall–Kier alpha value is -4.20. The number of carbonyl (C=O) groups excluding carboxylic acids is 1. The average Bonchev–Trinajstić information content (AvgIpc) is 2.81. The number of fused-ring (bicyclic) bond motifs is 1. The number of nitrogens with one attached hydrogen (secondary N) is 1. The van der Waals surface area contributed by atoms with E-state index >= 15 is 0 Å². The molecule has 0 atom stereocenters. The molecule has 0 saturated carbocycles. The van der Waals surface area contributed by atoms with E-state index in [0.29, 0.717) is 34.7 Å². The average molecular weight is 430 g/mol. The number of methoxy groups -OCH3 is 1. The Morgan fingerprint density at radius 3 is 2.78 bits per heavy atom. The first-order valence-electron chi connectivity index (χ1n) is 9.99. The number of amides is 1. The van der Waals surface area contributed by atoms with Crippen molar-refractivity contribution in [3.63, 3.8) is 0 Å². The Balaban J connectivity index is 1.49. The fourth-order valence-corrected chi connectivity index (χ4v) is 3.32. The SMILES string of the molecule is COc1ccc(NC(=O)Cn2cnc3c(C)cccc3c2=O)cc1OCc1cccnc1. The van der Waals surface area contributed by atoms with Crippen LogP contribution in [-0.2, 0) is 17.9 Å². The third-order valence-corrected chi connectivity index (χ3v) is 4.93. The van der Waals surface area contributed by atoms with Gasteiger partial charge >= 0.3 is 0 Å². The van der Waals surface area contributed by atoms with Gasteiger partial charge < -0.3 is 14.8 Å². The number of hydrogen-bond acceptors (Lipinski definition) is 6. The molecule has 162 valence electrons. The van der Waals surface area contributed by atoms with E-state index in [4.69, 9.17) is 9.47 Å². The zero-order valence-electron chi connectivity index (χ0n) is 17.7. The van der Waals surface area contributed by atoms with Crippen LogP contribution in [0.15, 0.2) is 72.0 Å². The number of anilines is 1. The van der Waals surface area contributed by atoms with Crippen molar-refractivity contribution in [2.45, 2.75) is 20.1 Å². The van der Waals surface area contributed by atoms with Gasteiger partial charge in [0, 0.05) is 29.7 Å². The summed E-state index contributed by atoms with van der Waals surface area (Å²) >= 11 is 0. The van der Waals surface area contributed by atoms with E-state index in [-0.39, 0.29) is 18.0 Å². The molecular formula is C24H22N4O4. The maximum Gasteiger partial charge on any atom is 0.261 e. The van der Waals surface area contributed by atoms with Gasteiger partial charge in [-0.3, -0.25) is 19.1 Å². The van der Waals surface area contributed by atoms with Crippen LogP contribution in [0.1, 0.15) is 11.1 Å². The van der Waals surface area contributed by atoms with Gasteiger partial charge in [-0.2, -0.15) is 0 Å². The number of benzene rings is 2. The summed E-state index contributed by atoms with van der Waals surface area (Å²) in [6.07, 6.45) is 4.81. The number of ether oxygens (including phenoxy) is 2. The highest BCUT2D eigenvalue weighted by Gasteiger charge is 2.12. The monoisotopic (exact) mass is 430 g/mol. The van der Waals surface area contributed by atoms with Crippen LogP contribution in [0.5, 0.6) is 11.5 Å². The molecular weight excluding hydrogens is 408 g/mol. The molecule has 4 aromatic rings. The Kier molecular flexibility index (Phi) is 6.12. The van der Waals surface area contributed by atoms with Gasteiger partial charge in [0.2, 0.25) is 5.91 Å². The Bertz CT molecular complexity index is 1320. The third kappa shape index (κ3) is 4.59. The van der Waals surface area contributed by atoms with Crippen LogP contribution in [0.4, 0.5) is 5.69 Å². The molecule has 0 aliphatic heterocycles. The van der Waals surface area contributed by atoms with Crippen molar-refractivity contribution in [3.8, 4) is 11.5 Å². The summed E-state index contributed by atoms with van der Waals surface area (Å²) < 4.78 is 12.5. The van der Waals surface area contributed by atoms with Crippen molar-refractivity contribution < 1.29 is 14.3 Å². The van der Waals surface area contributed by atoms with E-state index in [0.717, 1.165) is 11.1 Å². The molecule has 8 nitrogen and oxygen atoms in total. The molecule has 2 aromatic heterocycles. The molecule has 2 aromatic carbocycles. The van der Waals surface area contributed by atoms with E-state index in [1.807, 2.05) is 25.1 Å². The number of pyridine rings is 1. The summed E-state index contributed by atoms with van der Waals surface area (Å²) in [6.45, 7) is 2.04. The van der Waals surface area contributed by atoms with Crippen LogP contribution in [0, 0.1) is 6.92 Å². The number of aryl methyl sites for hydroxylation is 1. The number of para-hydroxylation sites is 1. The Morgan fingerprint density at radius 1 is 1.12 bits per heavy atom. The zero-order valence-corrected chi connectivity index (χ0v) is 17.7. The van der Waals surface area contributed by atoms with Crippen LogP contribution in [0.2, 0.25) is 0 Å². The molecule has 1 N–H and O–H groups in total. The van der Waals surface area contributed by atoms with E-state index in [9.17, 15) is 9.59 Å². The lowest BCUT2D eigenvalue weighted by Gasteiger charge is -2.13. The topological polar surface area (TPSA) is 95.3 Å². The van der Waals surface area contributed by atoms with Crippen LogP contribution in [0.3, 0.4) is 0 Å². The third-order valence-electron chi connectivity index (χ3n) is 4.93. The second kappa shape index (κ2) is 9.30. The number of rotatable bonds is 7. The van der Waals surface area contributed by atoms with Crippen molar-refractivity contribution in [2.75, 3.05) is 12.4 Å². The van der Waals surface area contributed by atoms with E-state index in [2.05, 4.69) is 15.3 Å². The maximum absolute atomic E-state index is 12.7. The van der Waals surface area contributed by atoms with Gasteiger partial charge in [0.05, 0.1) is 24.3 Å². The maximum atomic E-state index is 12.7. The van der Waals surface area contributed by atoms with Crippen molar-refractivity contribution in [1.82, 2.24) is 14.5 Å². The second-order valence-corrected chi connectivity index (χ2v) is 7.21. The minimum absolute atomic E-state index is 0.159. The van der Waals surface area contributed by atoms with Crippen molar-refractivity contribution in [2.24, 2.45) is 0 Å². The molecule has 0 unspecified atom stereocenters. The fraction of sp³-hybridized carbons (Fsp3) is 0.167. The minimum atomic E-state index is -0.357. The molecule has 0 aliphatic rings. The van der Waals surface area contributed by atoms with Gasteiger partial charge in [-0.1, -0.05) is 18.2 Å². The molecule has 32 heavy (non-hydrogen) atoms. The molecule has 0 saturated heterocycles. The minimum Gasteiger partial charge on any atom is -0.493 e. The quantitative estimate of drug-likeness (QED) is 0.483. The summed E-state index contributed by atoms with van der Waals surface area (Å²) in [7, 11) is 1.55. The number of aromatic nitrogens is 3. The van der Waals surface area contributed by atoms with Crippen LogP contribution < -0.4 is 20.3 Å². The first-order chi connectivity index (χ1) is 15.5. The van der Waals surface area contributed by atoms with Crippen molar-refractivity contribution in [3.05, 3.63) is 88.7 Å². The molecule has 4 rings (SSSR count). The Labute approximate surface area is 184 Å². The zero-order chi connectivity index (χ0) is 22.5. The van der Waals surface area contributed by atoms with Crippen LogP contribution >= 0.6 is 0 Å². The predicted molar refractivity (Wildman–Crippen MR) is 121 cm³/mol. The molecule has 0 spiro atoms. The van der Waals surface area contributed by atoms with Crippen LogP contribution in [0.25, 0.3) is 10.9 Å². The summed E-state index contributed by atoms with van der Waals surface area (Å²) in [5.74, 6) is 0.663. The number of hydrogen-bond donors (Lipinski definition) is 1. The molecule has 0 aliphatic carbocycles. The van der Waals surface area contributed by atoms with E-state index in [1.165, 1.54) is 10.9 Å². The molecule has 2 heterocycles. The smallest absolute Gasteiger partial charge is 0.261 e. The van der Waals surface area contributed by atoms with Gasteiger partial charge in [0.15, 0.2) is 11.5 Å². The summed E-state index contributed by atoms with van der Waals surface area (Å²) in [4.78, 5) is 33.7. The number of carbonyl (C=O) groups is 1. The van der Waals surface area contributed by atoms with Gasteiger partial charge in [-0.25, -0.2) is 4.98 Å². The Morgan fingerprint density at radius 2 is 2.00 bits per heavy atom. The van der Waals surface area contributed by atoms with Gasteiger partial charge in [-0.05, 0) is 36.8 Å². The summed E-state index contributed by atoms with van der Waals surface area (Å²) in [5.41, 5.74) is 2.72. The van der Waals surface area contributed by atoms with E-state index in [1.54, 1.807) is 49.8 Å². The second-order valence-electron chi connectivity index (χ2n) is 7.21. The normalized spacial score (nSPS) is 10.7. The predicted octanol–water partition coefficient (Wildman–Crippen LogP) is 3.33. The lowest BCUT2D eigenvalue weighted by molar-refractivity contribution is -0.116. The lowest BCUT2D eigenvalue weighted by atomic mass is 10.1. The lowest BCUT2D eigenvalue weighted by Crippen LogP contribution is -2.28. The fourth-order valence-electron chi connectivity index (χ4n) is 3.32. The molecule has 0 fully saturated rings. The molecule has 0 bridgehead atoms. The van der Waals surface area contributed by atoms with Crippen LogP contribution in [-0.4, -0.2) is 27.6 Å². The van der Waals surface area contributed by atoms with Crippen molar-refractivity contribution in [1.29, 1.82) is 0 Å². The standard InChI is InChI=1S/C24H22N4O4/c1-16-5-3-7-19-23(16)26-15-28(24(19)30)13-22(29)27-18-8-9-20(31-2)21(11-18)32-14-17-6-4-10-25-12-17/h3-12,15H,13-14H2,1-2H3,(H,27,29). The molecule has 0 radical (unpaired) electrons. The highest BCUT2D eigenvalue weighted by atomic mass is 16.5. The first kappa shape index (κ1) is 21.0. The van der Waals surface area contributed by atoms with Gasteiger partial charge in [-0.15, -0.1) is 0 Å². The highest BCUT2D eigenvalue weighted by molar-refractivity contribution is 5.91. The molecule has 1 amide bonds. The first-order valence-corrected chi connectivity index (χ1v) is 9.99.